The van der Waals surface area contributed by atoms with Gasteiger partial charge in [-0.15, -0.1) is 0 Å². The molecule has 6 nitrogen and oxygen atoms in total. The SMILES string of the molecule is CCc1nn(C)c(N2CCN(C(C)=O)CC2)c1N. The fourth-order valence-electron chi connectivity index (χ4n) is 2.45. The number of piperazine rings is 1. The molecule has 0 bridgehead atoms. The molecule has 1 aromatic rings. The zero-order valence-corrected chi connectivity index (χ0v) is 11.3. The van der Waals surface area contributed by atoms with Gasteiger partial charge in [-0.3, -0.25) is 9.48 Å². The lowest BCUT2D eigenvalue weighted by Crippen LogP contribution is -2.48. The number of anilines is 2. The van der Waals surface area contributed by atoms with E-state index in [0.717, 1.165) is 49.8 Å². The van der Waals surface area contributed by atoms with E-state index in [-0.39, 0.29) is 5.91 Å². The van der Waals surface area contributed by atoms with Crippen LogP contribution >= 0.6 is 0 Å². The molecule has 0 aromatic carbocycles. The third-order valence-corrected chi connectivity index (χ3v) is 3.49. The van der Waals surface area contributed by atoms with Crippen LogP contribution in [0.3, 0.4) is 0 Å². The van der Waals surface area contributed by atoms with Crippen LogP contribution in [0.5, 0.6) is 0 Å². The highest BCUT2D eigenvalue weighted by molar-refractivity contribution is 5.74. The Kier molecular flexibility index (Phi) is 3.45. The normalized spacial score (nSPS) is 16.2. The largest absolute Gasteiger partial charge is 0.394 e. The number of hydrogen-bond donors (Lipinski definition) is 1. The molecular formula is C12H21N5O. The lowest BCUT2D eigenvalue weighted by molar-refractivity contribution is -0.129. The summed E-state index contributed by atoms with van der Waals surface area (Å²) >= 11 is 0. The number of carbonyl (C=O) groups excluding carboxylic acids is 1. The molecule has 1 amide bonds. The van der Waals surface area contributed by atoms with Gasteiger partial charge in [0.25, 0.3) is 0 Å². The fraction of sp³-hybridized carbons (Fsp3) is 0.667. The predicted molar refractivity (Wildman–Crippen MR) is 71.5 cm³/mol. The van der Waals surface area contributed by atoms with Crippen LogP contribution in [0.2, 0.25) is 0 Å². The minimum atomic E-state index is 0.141. The van der Waals surface area contributed by atoms with Gasteiger partial charge in [-0.25, -0.2) is 0 Å². The van der Waals surface area contributed by atoms with E-state index in [2.05, 4.69) is 16.9 Å². The second-order valence-electron chi connectivity index (χ2n) is 4.65. The number of nitrogens with zero attached hydrogens (tertiary/aromatic N) is 4. The number of carbonyl (C=O) groups is 1. The highest BCUT2D eigenvalue weighted by Gasteiger charge is 2.23. The van der Waals surface area contributed by atoms with E-state index in [4.69, 9.17) is 5.73 Å². The van der Waals surface area contributed by atoms with Gasteiger partial charge in [0, 0.05) is 40.2 Å². The number of aryl methyl sites for hydroxylation is 2. The maximum absolute atomic E-state index is 11.3. The zero-order valence-electron chi connectivity index (χ0n) is 11.3. The monoisotopic (exact) mass is 251 g/mol. The summed E-state index contributed by atoms with van der Waals surface area (Å²) in [6.45, 7) is 6.79. The van der Waals surface area contributed by atoms with Gasteiger partial charge in [-0.2, -0.15) is 5.10 Å². The Balaban J connectivity index is 2.14. The number of amides is 1. The average molecular weight is 251 g/mol. The van der Waals surface area contributed by atoms with Crippen molar-refractivity contribution in [3.8, 4) is 0 Å². The Hall–Kier alpha value is -1.72. The van der Waals surface area contributed by atoms with Crippen molar-refractivity contribution in [3.63, 3.8) is 0 Å². The maximum atomic E-state index is 11.3. The Morgan fingerprint density at radius 2 is 1.94 bits per heavy atom. The van der Waals surface area contributed by atoms with Crippen LogP contribution in [-0.2, 0) is 18.3 Å². The number of nitrogen functional groups attached to an aromatic ring is 1. The first-order valence-electron chi connectivity index (χ1n) is 6.36. The first-order valence-corrected chi connectivity index (χ1v) is 6.36. The Morgan fingerprint density at radius 1 is 1.33 bits per heavy atom. The van der Waals surface area contributed by atoms with Gasteiger partial charge in [0.15, 0.2) is 5.82 Å². The Morgan fingerprint density at radius 3 is 2.39 bits per heavy atom. The molecule has 0 radical (unpaired) electrons. The van der Waals surface area contributed by atoms with E-state index in [1.54, 1.807) is 6.92 Å². The van der Waals surface area contributed by atoms with Crippen LogP contribution in [0.1, 0.15) is 19.5 Å². The smallest absolute Gasteiger partial charge is 0.219 e. The number of rotatable bonds is 2. The van der Waals surface area contributed by atoms with E-state index in [1.807, 2.05) is 16.6 Å². The van der Waals surface area contributed by atoms with Gasteiger partial charge in [-0.05, 0) is 6.42 Å². The van der Waals surface area contributed by atoms with Crippen LogP contribution in [0, 0.1) is 0 Å². The van der Waals surface area contributed by atoms with Crippen LogP contribution < -0.4 is 10.6 Å². The van der Waals surface area contributed by atoms with E-state index in [9.17, 15) is 4.79 Å². The molecule has 2 N–H and O–H groups in total. The van der Waals surface area contributed by atoms with Crippen molar-refractivity contribution in [3.05, 3.63) is 5.69 Å². The van der Waals surface area contributed by atoms with Crippen molar-refractivity contribution < 1.29 is 4.79 Å². The van der Waals surface area contributed by atoms with Crippen molar-refractivity contribution in [1.82, 2.24) is 14.7 Å². The van der Waals surface area contributed by atoms with Crippen molar-refractivity contribution in [2.45, 2.75) is 20.3 Å². The summed E-state index contributed by atoms with van der Waals surface area (Å²) in [5.41, 5.74) is 7.85. The van der Waals surface area contributed by atoms with Gasteiger partial charge in [0.1, 0.15) is 0 Å². The molecule has 1 aliphatic rings. The summed E-state index contributed by atoms with van der Waals surface area (Å²) in [6, 6.07) is 0. The van der Waals surface area contributed by atoms with Crippen LogP contribution in [0.15, 0.2) is 0 Å². The van der Waals surface area contributed by atoms with Gasteiger partial charge in [-0.1, -0.05) is 6.92 Å². The van der Waals surface area contributed by atoms with E-state index in [0.29, 0.717) is 0 Å². The summed E-state index contributed by atoms with van der Waals surface area (Å²) in [6.07, 6.45) is 0.840. The summed E-state index contributed by atoms with van der Waals surface area (Å²) in [5, 5.41) is 4.43. The molecule has 0 atom stereocenters. The Bertz CT molecular complexity index is 446. The molecule has 100 valence electrons. The van der Waals surface area contributed by atoms with Crippen molar-refractivity contribution in [2.75, 3.05) is 36.8 Å². The molecule has 2 heterocycles. The molecular weight excluding hydrogens is 230 g/mol. The molecule has 2 rings (SSSR count). The second kappa shape index (κ2) is 4.88. The van der Waals surface area contributed by atoms with E-state index >= 15 is 0 Å². The lowest BCUT2D eigenvalue weighted by atomic mass is 10.2. The van der Waals surface area contributed by atoms with Gasteiger partial charge in [0.2, 0.25) is 5.91 Å². The highest BCUT2D eigenvalue weighted by Crippen LogP contribution is 2.27. The third kappa shape index (κ3) is 2.14. The minimum Gasteiger partial charge on any atom is -0.394 e. The van der Waals surface area contributed by atoms with Gasteiger partial charge < -0.3 is 15.5 Å². The van der Waals surface area contributed by atoms with Crippen molar-refractivity contribution in [2.24, 2.45) is 7.05 Å². The molecule has 0 saturated carbocycles. The molecule has 1 aromatic heterocycles. The fourth-order valence-corrected chi connectivity index (χ4v) is 2.45. The average Bonchev–Trinajstić information content (AvgIpc) is 2.64. The maximum Gasteiger partial charge on any atom is 0.219 e. The molecule has 0 spiro atoms. The highest BCUT2D eigenvalue weighted by atomic mass is 16.2. The van der Waals surface area contributed by atoms with E-state index in [1.165, 1.54) is 0 Å². The van der Waals surface area contributed by atoms with Crippen LogP contribution in [0.25, 0.3) is 0 Å². The molecule has 18 heavy (non-hydrogen) atoms. The third-order valence-electron chi connectivity index (χ3n) is 3.49. The molecule has 1 fully saturated rings. The standard InChI is InChI=1S/C12H21N5O/c1-4-10-11(13)12(15(3)14-10)17-7-5-16(6-8-17)9(2)18/h4-8,13H2,1-3H3. The summed E-state index contributed by atoms with van der Waals surface area (Å²) in [5.74, 6) is 1.12. The molecule has 1 saturated heterocycles. The predicted octanol–water partition coefficient (Wildman–Crippen LogP) is 0.233. The molecule has 0 unspecified atom stereocenters. The number of nitrogens with two attached hydrogens (primary N) is 1. The van der Waals surface area contributed by atoms with Crippen LogP contribution in [0.4, 0.5) is 11.5 Å². The molecule has 0 aliphatic carbocycles. The summed E-state index contributed by atoms with van der Waals surface area (Å²) in [4.78, 5) is 15.4. The number of aromatic nitrogens is 2. The van der Waals surface area contributed by atoms with Crippen molar-refractivity contribution in [1.29, 1.82) is 0 Å². The first kappa shape index (κ1) is 12.7. The quantitative estimate of drug-likeness (QED) is 0.817. The minimum absolute atomic E-state index is 0.141. The van der Waals surface area contributed by atoms with E-state index < -0.39 is 0 Å². The zero-order chi connectivity index (χ0) is 13.3. The first-order chi connectivity index (χ1) is 8.54. The van der Waals surface area contributed by atoms with Gasteiger partial charge >= 0.3 is 0 Å². The van der Waals surface area contributed by atoms with Crippen molar-refractivity contribution >= 4 is 17.4 Å². The lowest BCUT2D eigenvalue weighted by Gasteiger charge is -2.35. The summed E-state index contributed by atoms with van der Waals surface area (Å²) in [7, 11) is 1.92. The number of hydrogen-bond acceptors (Lipinski definition) is 4. The molecule has 6 heteroatoms. The van der Waals surface area contributed by atoms with Crippen LogP contribution in [-0.4, -0.2) is 46.8 Å². The molecule has 1 aliphatic heterocycles. The van der Waals surface area contributed by atoms with Gasteiger partial charge in [0.05, 0.1) is 11.4 Å². The Labute approximate surface area is 107 Å². The summed E-state index contributed by atoms with van der Waals surface area (Å²) < 4.78 is 1.84. The topological polar surface area (TPSA) is 67.4 Å². The second-order valence-corrected chi connectivity index (χ2v) is 4.65.